The zero-order valence-electron chi connectivity index (χ0n) is 19.5. The Balaban J connectivity index is 1.43. The summed E-state index contributed by atoms with van der Waals surface area (Å²) in [6.07, 6.45) is 2.80. The van der Waals surface area contributed by atoms with Gasteiger partial charge in [-0.2, -0.15) is 0 Å². The summed E-state index contributed by atoms with van der Waals surface area (Å²) in [6, 6.07) is 16.4. The van der Waals surface area contributed by atoms with Gasteiger partial charge in [0.15, 0.2) is 11.2 Å². The standard InChI is InChI=1S/C29H18O8/c1-34-29(33)16-8-6-15(7-9-16)12-23-27(32)18-10-11-22-25(28(18)37-23)19(13-24(30)36-22)20-14-35-21-5-3-2-4-17(21)26(20)31/h2-12,14,19H,13H2,1H3. The summed E-state index contributed by atoms with van der Waals surface area (Å²) >= 11 is 0. The van der Waals surface area contributed by atoms with Crippen LogP contribution in [0.2, 0.25) is 0 Å². The number of esters is 2. The van der Waals surface area contributed by atoms with Gasteiger partial charge in [0, 0.05) is 17.0 Å². The maximum Gasteiger partial charge on any atom is 0.337 e. The molecule has 8 heteroatoms. The summed E-state index contributed by atoms with van der Waals surface area (Å²) in [5.74, 6) is -1.51. The van der Waals surface area contributed by atoms with Crippen LogP contribution < -0.4 is 14.9 Å². The first-order chi connectivity index (χ1) is 17.9. The molecule has 0 saturated heterocycles. The molecule has 2 aliphatic rings. The number of para-hydroxylation sites is 1. The minimum absolute atomic E-state index is 0.0652. The van der Waals surface area contributed by atoms with E-state index in [1.807, 2.05) is 0 Å². The summed E-state index contributed by atoms with van der Waals surface area (Å²) in [6.45, 7) is 0. The van der Waals surface area contributed by atoms with Crippen molar-refractivity contribution >= 4 is 34.8 Å². The number of ether oxygens (including phenoxy) is 3. The summed E-state index contributed by atoms with van der Waals surface area (Å²) in [4.78, 5) is 50.7. The van der Waals surface area contributed by atoms with Crippen LogP contribution in [0.15, 0.2) is 81.9 Å². The van der Waals surface area contributed by atoms with Crippen molar-refractivity contribution in [1.82, 2.24) is 0 Å². The first kappa shape index (κ1) is 22.5. The maximum absolute atomic E-state index is 13.3. The molecule has 0 saturated carbocycles. The zero-order chi connectivity index (χ0) is 25.7. The highest BCUT2D eigenvalue weighted by Crippen LogP contribution is 2.48. The molecule has 0 spiro atoms. The molecule has 0 radical (unpaired) electrons. The highest BCUT2D eigenvalue weighted by molar-refractivity contribution is 6.15. The molecule has 37 heavy (non-hydrogen) atoms. The van der Waals surface area contributed by atoms with Gasteiger partial charge in [0.2, 0.25) is 5.78 Å². The van der Waals surface area contributed by atoms with Gasteiger partial charge in [-0.3, -0.25) is 14.4 Å². The molecule has 3 heterocycles. The quantitative estimate of drug-likeness (QED) is 0.230. The van der Waals surface area contributed by atoms with Gasteiger partial charge in [0.25, 0.3) is 0 Å². The van der Waals surface area contributed by atoms with E-state index in [1.165, 1.54) is 25.5 Å². The first-order valence-corrected chi connectivity index (χ1v) is 11.4. The second-order valence-electron chi connectivity index (χ2n) is 8.65. The molecule has 0 amide bonds. The molecule has 0 N–H and O–H groups in total. The van der Waals surface area contributed by atoms with E-state index >= 15 is 0 Å². The fourth-order valence-electron chi connectivity index (χ4n) is 4.69. The smallest absolute Gasteiger partial charge is 0.337 e. The lowest BCUT2D eigenvalue weighted by molar-refractivity contribution is -0.135. The molecular formula is C29H18O8. The zero-order valence-corrected chi connectivity index (χ0v) is 19.5. The third kappa shape index (κ3) is 3.70. The van der Waals surface area contributed by atoms with E-state index < -0.39 is 17.9 Å². The largest absolute Gasteiger partial charge is 0.465 e. The van der Waals surface area contributed by atoms with Gasteiger partial charge in [-0.1, -0.05) is 24.3 Å². The molecule has 0 aliphatic carbocycles. The number of ketones is 1. The van der Waals surface area contributed by atoms with E-state index in [9.17, 15) is 19.2 Å². The van der Waals surface area contributed by atoms with E-state index in [4.69, 9.17) is 18.6 Å². The number of hydrogen-bond donors (Lipinski definition) is 0. The van der Waals surface area contributed by atoms with Gasteiger partial charge in [0.05, 0.1) is 36.3 Å². The van der Waals surface area contributed by atoms with Crippen molar-refractivity contribution in [2.45, 2.75) is 12.3 Å². The van der Waals surface area contributed by atoms with E-state index in [-0.39, 0.29) is 40.5 Å². The number of carbonyl (C=O) groups excluding carboxylic acids is 3. The molecule has 4 aromatic rings. The van der Waals surface area contributed by atoms with Crippen molar-refractivity contribution in [3.05, 3.63) is 111 Å². The van der Waals surface area contributed by atoms with Crippen LogP contribution >= 0.6 is 0 Å². The Bertz CT molecular complexity index is 1710. The fourth-order valence-corrected chi connectivity index (χ4v) is 4.69. The number of carbonyl (C=O) groups is 3. The third-order valence-corrected chi connectivity index (χ3v) is 6.49. The summed E-state index contributed by atoms with van der Waals surface area (Å²) in [5, 5.41) is 0.390. The molecular weight excluding hydrogens is 476 g/mol. The molecule has 3 aromatic carbocycles. The van der Waals surface area contributed by atoms with Gasteiger partial charge in [-0.05, 0) is 48.0 Å². The minimum atomic E-state index is -0.724. The molecule has 0 fully saturated rings. The molecule has 1 atom stereocenters. The van der Waals surface area contributed by atoms with Crippen LogP contribution in [0.25, 0.3) is 17.0 Å². The number of methoxy groups -OCH3 is 1. The van der Waals surface area contributed by atoms with Gasteiger partial charge >= 0.3 is 11.9 Å². The number of allylic oxidation sites excluding steroid dienone is 1. The highest BCUT2D eigenvalue weighted by Gasteiger charge is 2.39. The average Bonchev–Trinajstić information content (AvgIpc) is 3.23. The van der Waals surface area contributed by atoms with Gasteiger partial charge in [0.1, 0.15) is 17.1 Å². The molecule has 182 valence electrons. The van der Waals surface area contributed by atoms with E-state index in [0.717, 1.165) is 0 Å². The van der Waals surface area contributed by atoms with Crippen molar-refractivity contribution in [3.63, 3.8) is 0 Å². The monoisotopic (exact) mass is 494 g/mol. The molecule has 2 aliphatic heterocycles. The van der Waals surface area contributed by atoms with Crippen LogP contribution in [0, 0.1) is 0 Å². The first-order valence-electron chi connectivity index (χ1n) is 11.4. The van der Waals surface area contributed by atoms with Gasteiger partial charge in [-0.25, -0.2) is 4.79 Å². The summed E-state index contributed by atoms with van der Waals surface area (Å²) in [5.41, 5.74) is 2.19. The van der Waals surface area contributed by atoms with Crippen molar-refractivity contribution in [2.75, 3.05) is 7.11 Å². The number of Topliss-reactive ketones (excluding diaryl/α,β-unsaturated/α-hetero) is 1. The number of fused-ring (bicyclic) bond motifs is 4. The third-order valence-electron chi connectivity index (χ3n) is 6.49. The molecule has 6 rings (SSSR count). The van der Waals surface area contributed by atoms with Crippen molar-refractivity contribution < 1.29 is 33.0 Å². The Labute approximate surface area is 209 Å². The lowest BCUT2D eigenvalue weighted by atomic mass is 9.85. The molecule has 1 unspecified atom stereocenters. The van der Waals surface area contributed by atoms with Crippen LogP contribution in [0.5, 0.6) is 11.5 Å². The molecule has 0 bridgehead atoms. The number of benzene rings is 3. The van der Waals surface area contributed by atoms with E-state index in [2.05, 4.69) is 0 Å². The summed E-state index contributed by atoms with van der Waals surface area (Å²) < 4.78 is 21.9. The number of hydrogen-bond acceptors (Lipinski definition) is 8. The van der Waals surface area contributed by atoms with Crippen molar-refractivity contribution in [1.29, 1.82) is 0 Å². The second kappa shape index (κ2) is 8.60. The topological polar surface area (TPSA) is 109 Å². The van der Waals surface area contributed by atoms with E-state index in [1.54, 1.807) is 54.6 Å². The predicted octanol–water partition coefficient (Wildman–Crippen LogP) is 4.64. The van der Waals surface area contributed by atoms with Crippen LogP contribution in [-0.2, 0) is 9.53 Å². The normalized spacial score (nSPS) is 17.2. The van der Waals surface area contributed by atoms with Gasteiger partial charge < -0.3 is 18.6 Å². The van der Waals surface area contributed by atoms with Crippen LogP contribution in [0.4, 0.5) is 0 Å². The van der Waals surface area contributed by atoms with Crippen LogP contribution in [-0.4, -0.2) is 24.8 Å². The Morgan fingerprint density at radius 2 is 1.76 bits per heavy atom. The molecule has 1 aromatic heterocycles. The Kier molecular flexibility index (Phi) is 5.22. The minimum Gasteiger partial charge on any atom is -0.465 e. The van der Waals surface area contributed by atoms with Crippen LogP contribution in [0.3, 0.4) is 0 Å². The molecule has 8 nitrogen and oxygen atoms in total. The summed E-state index contributed by atoms with van der Waals surface area (Å²) in [7, 11) is 1.30. The Hall–Kier alpha value is -4.98. The Morgan fingerprint density at radius 1 is 0.973 bits per heavy atom. The Morgan fingerprint density at radius 3 is 2.54 bits per heavy atom. The highest BCUT2D eigenvalue weighted by atomic mass is 16.5. The van der Waals surface area contributed by atoms with Crippen LogP contribution in [0.1, 0.15) is 49.7 Å². The van der Waals surface area contributed by atoms with Crippen molar-refractivity contribution in [2.24, 2.45) is 0 Å². The lowest BCUT2D eigenvalue weighted by Crippen LogP contribution is -2.25. The number of rotatable bonds is 3. The second-order valence-corrected chi connectivity index (χ2v) is 8.65. The fraction of sp³-hybridized carbons (Fsp3) is 0.103. The lowest BCUT2D eigenvalue weighted by Gasteiger charge is -2.25. The van der Waals surface area contributed by atoms with E-state index in [0.29, 0.717) is 33.2 Å². The van der Waals surface area contributed by atoms with Gasteiger partial charge in [-0.15, -0.1) is 0 Å². The SMILES string of the molecule is COC(=O)c1ccc(C=C2Oc3c(ccc4c3C(c3coc5ccccc5c3=O)CC(=O)O4)C2=O)cc1. The maximum atomic E-state index is 13.3. The average molecular weight is 494 g/mol. The van der Waals surface area contributed by atoms with Crippen molar-refractivity contribution in [3.8, 4) is 11.5 Å². The predicted molar refractivity (Wildman–Crippen MR) is 132 cm³/mol.